The van der Waals surface area contributed by atoms with Gasteiger partial charge < -0.3 is 14.2 Å². The summed E-state index contributed by atoms with van der Waals surface area (Å²) < 4.78 is 107. The maximum absolute atomic E-state index is 14.8. The molecule has 0 unspecified atom stereocenters. The van der Waals surface area contributed by atoms with Crippen LogP contribution in [0.4, 0.5) is 30.7 Å². The van der Waals surface area contributed by atoms with Crippen LogP contribution in [0.25, 0.3) is 0 Å². The van der Waals surface area contributed by atoms with Crippen LogP contribution in [-0.4, -0.2) is 26.2 Å². The fourth-order valence-electron chi connectivity index (χ4n) is 6.13. The highest BCUT2D eigenvalue weighted by atomic mass is 19.4. The van der Waals surface area contributed by atoms with E-state index in [-0.39, 0.29) is 25.0 Å². The van der Waals surface area contributed by atoms with Gasteiger partial charge in [0.25, 0.3) is 0 Å². The van der Waals surface area contributed by atoms with Crippen LogP contribution in [0.2, 0.25) is 0 Å². The van der Waals surface area contributed by atoms with Crippen LogP contribution in [0.1, 0.15) is 89.9 Å². The van der Waals surface area contributed by atoms with Crippen molar-refractivity contribution in [3.05, 3.63) is 23.8 Å². The number of hydrogen-bond acceptors (Lipinski definition) is 3. The third-order valence-electron chi connectivity index (χ3n) is 8.21. The van der Waals surface area contributed by atoms with Gasteiger partial charge in [0.1, 0.15) is 5.75 Å². The van der Waals surface area contributed by atoms with Crippen molar-refractivity contribution in [2.45, 2.75) is 102 Å². The van der Waals surface area contributed by atoms with E-state index in [9.17, 15) is 30.7 Å². The summed E-state index contributed by atoms with van der Waals surface area (Å²) in [5.41, 5.74) is 0. The van der Waals surface area contributed by atoms with E-state index < -0.39 is 41.5 Å². The minimum Gasteiger partial charge on any atom is -0.432 e. The number of ether oxygens (including phenoxy) is 3. The second-order valence-corrected chi connectivity index (χ2v) is 10.9. The normalized spacial score (nSPS) is 24.8. The van der Waals surface area contributed by atoms with E-state index in [1.807, 2.05) is 0 Å². The van der Waals surface area contributed by atoms with Gasteiger partial charge in [-0.05, 0) is 62.7 Å². The zero-order chi connectivity index (χ0) is 27.8. The van der Waals surface area contributed by atoms with Crippen LogP contribution < -0.4 is 9.47 Å². The smallest absolute Gasteiger partial charge is 0.432 e. The first kappa shape index (κ1) is 30.8. The number of rotatable bonds is 13. The van der Waals surface area contributed by atoms with Crippen LogP contribution in [0.15, 0.2) is 12.1 Å². The second kappa shape index (κ2) is 14.1. The number of alkyl halides is 5. The summed E-state index contributed by atoms with van der Waals surface area (Å²) >= 11 is 0. The predicted molar refractivity (Wildman–Crippen MR) is 129 cm³/mol. The number of unbranched alkanes of at least 4 members (excludes halogenated alkanes) is 4. The molecule has 2 saturated carbocycles. The summed E-state index contributed by atoms with van der Waals surface area (Å²) in [6.45, 7) is 0.828. The van der Waals surface area contributed by atoms with E-state index in [4.69, 9.17) is 4.74 Å². The first-order valence-corrected chi connectivity index (χ1v) is 13.8. The molecule has 0 radical (unpaired) electrons. The zero-order valence-electron chi connectivity index (χ0n) is 21.9. The van der Waals surface area contributed by atoms with Crippen molar-refractivity contribution in [2.24, 2.45) is 23.7 Å². The average Bonchev–Trinajstić information content (AvgIpc) is 2.85. The summed E-state index contributed by atoms with van der Waals surface area (Å²) in [6, 6.07) is 0.563. The molecule has 3 rings (SSSR count). The monoisotopic (exact) mass is 556 g/mol. The summed E-state index contributed by atoms with van der Waals surface area (Å²) in [4.78, 5) is 0. The molecule has 0 spiro atoms. The Morgan fingerprint density at radius 3 is 1.79 bits per heavy atom. The first-order chi connectivity index (χ1) is 18.0. The maximum Gasteiger partial charge on any atom is 0.573 e. The standard InChI is InChI=1S/C28H39F7O3/c1-36-16-6-4-2-3-5-7-19-8-10-20(11-9-19)21-12-14-22(15-13-21)27(31,32)37-23-17-24(29)26(25(30)18-23)38-28(33,34)35/h17-22H,2-16H2,1H3. The molecular formula is C28H39F7O3. The molecule has 1 aromatic rings. The van der Waals surface area contributed by atoms with Gasteiger partial charge in [0.2, 0.25) is 5.75 Å². The molecule has 2 aliphatic carbocycles. The largest absolute Gasteiger partial charge is 0.573 e. The SMILES string of the molecule is COCCCCCCCC1CCC(C2CCC(C(F)(F)Oc3cc(F)c(OC(F)(F)F)c(F)c3)CC2)CC1. The first-order valence-electron chi connectivity index (χ1n) is 13.8. The molecule has 2 aliphatic rings. The van der Waals surface area contributed by atoms with Crippen molar-refractivity contribution < 1.29 is 44.9 Å². The van der Waals surface area contributed by atoms with Crippen molar-refractivity contribution in [1.82, 2.24) is 0 Å². The van der Waals surface area contributed by atoms with Gasteiger partial charge in [-0.25, -0.2) is 8.78 Å². The van der Waals surface area contributed by atoms with Gasteiger partial charge in [-0.2, -0.15) is 8.78 Å². The van der Waals surface area contributed by atoms with Gasteiger partial charge in [0.15, 0.2) is 11.6 Å². The molecule has 218 valence electrons. The molecule has 0 amide bonds. The van der Waals surface area contributed by atoms with Gasteiger partial charge in [-0.3, -0.25) is 0 Å². The van der Waals surface area contributed by atoms with Crippen molar-refractivity contribution in [3.63, 3.8) is 0 Å². The minimum absolute atomic E-state index is 0.223. The lowest BCUT2D eigenvalue weighted by Crippen LogP contribution is -2.38. The lowest BCUT2D eigenvalue weighted by Gasteiger charge is -2.39. The molecule has 1 aromatic carbocycles. The van der Waals surface area contributed by atoms with E-state index >= 15 is 0 Å². The zero-order valence-corrected chi connectivity index (χ0v) is 21.9. The maximum atomic E-state index is 14.8. The Kier molecular flexibility index (Phi) is 11.4. The lowest BCUT2D eigenvalue weighted by atomic mass is 9.68. The Morgan fingerprint density at radius 1 is 0.711 bits per heavy atom. The summed E-state index contributed by atoms with van der Waals surface area (Å²) in [5, 5.41) is 0. The van der Waals surface area contributed by atoms with Crippen LogP contribution in [0.3, 0.4) is 0 Å². The number of methoxy groups -OCH3 is 1. The quantitative estimate of drug-likeness (QED) is 0.179. The predicted octanol–water partition coefficient (Wildman–Crippen LogP) is 9.43. The fourth-order valence-corrected chi connectivity index (χ4v) is 6.13. The van der Waals surface area contributed by atoms with Gasteiger partial charge in [-0.15, -0.1) is 13.2 Å². The minimum atomic E-state index is -5.32. The number of benzene rings is 1. The van der Waals surface area contributed by atoms with Crippen LogP contribution in [0.5, 0.6) is 11.5 Å². The topological polar surface area (TPSA) is 27.7 Å². The van der Waals surface area contributed by atoms with Crippen molar-refractivity contribution >= 4 is 0 Å². The molecule has 0 atom stereocenters. The van der Waals surface area contributed by atoms with Crippen molar-refractivity contribution in [3.8, 4) is 11.5 Å². The van der Waals surface area contributed by atoms with Crippen LogP contribution >= 0.6 is 0 Å². The highest BCUT2D eigenvalue weighted by molar-refractivity contribution is 5.35. The van der Waals surface area contributed by atoms with Gasteiger partial charge in [-0.1, -0.05) is 44.9 Å². The molecular weight excluding hydrogens is 517 g/mol. The van der Waals surface area contributed by atoms with E-state index in [2.05, 4.69) is 9.47 Å². The molecule has 2 fully saturated rings. The molecule has 10 heteroatoms. The average molecular weight is 557 g/mol. The van der Waals surface area contributed by atoms with E-state index in [1.165, 1.54) is 44.9 Å². The molecule has 3 nitrogen and oxygen atoms in total. The van der Waals surface area contributed by atoms with E-state index in [0.29, 0.717) is 24.7 Å². The summed E-state index contributed by atoms with van der Waals surface area (Å²) in [5.74, 6) is -5.57. The molecule has 0 aliphatic heterocycles. The van der Waals surface area contributed by atoms with Crippen molar-refractivity contribution in [1.29, 1.82) is 0 Å². The molecule has 0 aromatic heterocycles. The van der Waals surface area contributed by atoms with Gasteiger partial charge >= 0.3 is 12.5 Å². The number of halogens is 7. The van der Waals surface area contributed by atoms with E-state index in [1.54, 1.807) is 7.11 Å². The lowest BCUT2D eigenvalue weighted by molar-refractivity contribution is -0.276. The molecule has 38 heavy (non-hydrogen) atoms. The van der Waals surface area contributed by atoms with Crippen LogP contribution in [0, 0.1) is 35.3 Å². The highest BCUT2D eigenvalue weighted by Gasteiger charge is 2.45. The summed E-state index contributed by atoms with van der Waals surface area (Å²) in [7, 11) is 1.73. The molecule has 0 saturated heterocycles. The van der Waals surface area contributed by atoms with E-state index in [0.717, 1.165) is 31.8 Å². The third kappa shape index (κ3) is 9.49. The Morgan fingerprint density at radius 2 is 1.24 bits per heavy atom. The highest BCUT2D eigenvalue weighted by Crippen LogP contribution is 2.46. The Balaban J connectivity index is 1.40. The molecule has 0 heterocycles. The number of hydrogen-bond donors (Lipinski definition) is 0. The third-order valence-corrected chi connectivity index (χ3v) is 8.21. The summed E-state index contributed by atoms with van der Waals surface area (Å²) in [6.07, 6.45) is 4.71. The Hall–Kier alpha value is -1.71. The van der Waals surface area contributed by atoms with Crippen molar-refractivity contribution in [2.75, 3.05) is 13.7 Å². The van der Waals surface area contributed by atoms with Gasteiger partial charge in [0, 0.05) is 25.8 Å². The molecule has 0 bridgehead atoms. The van der Waals surface area contributed by atoms with Crippen LogP contribution in [-0.2, 0) is 4.74 Å². The fraction of sp³-hybridized carbons (Fsp3) is 0.786. The molecule has 0 N–H and O–H groups in total. The Bertz CT molecular complexity index is 822. The second-order valence-electron chi connectivity index (χ2n) is 10.9. The Labute approximate surface area is 220 Å². The van der Waals surface area contributed by atoms with Gasteiger partial charge in [0.05, 0.1) is 5.92 Å².